The molecule has 0 unspecified atom stereocenters. The molecular weight excluding hydrogens is 434 g/mol. The Hall–Kier alpha value is -2.42. The summed E-state index contributed by atoms with van der Waals surface area (Å²) in [6.45, 7) is 3.58. The van der Waals surface area contributed by atoms with E-state index in [1.807, 2.05) is 6.92 Å². The summed E-state index contributed by atoms with van der Waals surface area (Å²) in [7, 11) is 1.50. The van der Waals surface area contributed by atoms with Crippen molar-refractivity contribution in [3.8, 4) is 11.5 Å². The standard InChI is InChI=1S/C20H19ClF6N2O/c1-4-9-29(11-28-3)16-7-8-17(18(12(16)2)20(25,26)27)30-13-5-6-15(21)14(10-13)19(22,23)24/h5-8,10-11H,4,9H2,1-3H3. The Morgan fingerprint density at radius 1 is 1.07 bits per heavy atom. The van der Waals surface area contributed by atoms with Gasteiger partial charge in [-0.05, 0) is 49.2 Å². The van der Waals surface area contributed by atoms with Gasteiger partial charge in [0.1, 0.15) is 17.1 Å². The van der Waals surface area contributed by atoms with E-state index >= 15 is 0 Å². The van der Waals surface area contributed by atoms with E-state index in [9.17, 15) is 26.3 Å². The Balaban J connectivity index is 2.58. The molecule has 30 heavy (non-hydrogen) atoms. The molecule has 0 fully saturated rings. The van der Waals surface area contributed by atoms with Crippen LogP contribution in [-0.4, -0.2) is 19.9 Å². The highest BCUT2D eigenvalue weighted by Gasteiger charge is 2.38. The van der Waals surface area contributed by atoms with Gasteiger partial charge in [0.2, 0.25) is 0 Å². The van der Waals surface area contributed by atoms with Gasteiger partial charge < -0.3 is 9.64 Å². The molecule has 10 heteroatoms. The van der Waals surface area contributed by atoms with E-state index in [0.29, 0.717) is 19.0 Å². The van der Waals surface area contributed by atoms with Gasteiger partial charge in [0.25, 0.3) is 0 Å². The van der Waals surface area contributed by atoms with Crippen LogP contribution in [0.15, 0.2) is 35.3 Å². The first-order valence-electron chi connectivity index (χ1n) is 8.84. The van der Waals surface area contributed by atoms with Gasteiger partial charge in [-0.3, -0.25) is 4.99 Å². The molecule has 0 atom stereocenters. The molecule has 0 saturated heterocycles. The molecule has 0 saturated carbocycles. The number of nitrogens with zero attached hydrogens (tertiary/aromatic N) is 2. The van der Waals surface area contributed by atoms with E-state index in [1.165, 1.54) is 26.4 Å². The van der Waals surface area contributed by atoms with Crippen molar-refractivity contribution in [2.75, 3.05) is 18.5 Å². The second-order valence-corrected chi connectivity index (χ2v) is 6.80. The molecular formula is C20H19ClF6N2O. The van der Waals surface area contributed by atoms with Gasteiger partial charge in [0, 0.05) is 19.3 Å². The van der Waals surface area contributed by atoms with E-state index < -0.39 is 40.0 Å². The van der Waals surface area contributed by atoms with E-state index in [4.69, 9.17) is 16.3 Å². The van der Waals surface area contributed by atoms with Gasteiger partial charge in [-0.1, -0.05) is 18.5 Å². The Bertz CT molecular complexity index is 925. The zero-order valence-electron chi connectivity index (χ0n) is 16.3. The first kappa shape index (κ1) is 23.9. The van der Waals surface area contributed by atoms with Crippen LogP contribution in [0.2, 0.25) is 5.02 Å². The number of halogens is 7. The fourth-order valence-electron chi connectivity index (χ4n) is 2.96. The molecule has 0 amide bonds. The molecule has 0 aliphatic rings. The summed E-state index contributed by atoms with van der Waals surface area (Å²) in [6, 6.07) is 5.07. The lowest BCUT2D eigenvalue weighted by atomic mass is 10.0. The number of anilines is 1. The van der Waals surface area contributed by atoms with Gasteiger partial charge in [-0.25, -0.2) is 0 Å². The second kappa shape index (κ2) is 9.16. The molecule has 0 radical (unpaired) electrons. The SMILES string of the molecule is CCCN(C=NC)c1ccc(Oc2ccc(Cl)c(C(F)(F)F)c2)c(C(F)(F)F)c1C. The minimum Gasteiger partial charge on any atom is -0.457 e. The number of aliphatic imine (C=N–C) groups is 1. The molecule has 2 rings (SSSR count). The molecule has 164 valence electrons. The van der Waals surface area contributed by atoms with Crippen molar-refractivity contribution in [1.82, 2.24) is 0 Å². The minimum absolute atomic E-state index is 0.127. The Morgan fingerprint density at radius 2 is 1.73 bits per heavy atom. The number of hydrogen-bond acceptors (Lipinski definition) is 2. The van der Waals surface area contributed by atoms with Crippen molar-refractivity contribution >= 4 is 23.6 Å². The predicted octanol–water partition coefficient (Wildman–Crippen LogP) is 7.35. The number of rotatable bonds is 6. The van der Waals surface area contributed by atoms with Gasteiger partial charge in [-0.2, -0.15) is 26.3 Å². The maximum absolute atomic E-state index is 13.8. The topological polar surface area (TPSA) is 24.8 Å². The molecule has 0 N–H and O–H groups in total. The van der Waals surface area contributed by atoms with Crippen LogP contribution in [0, 0.1) is 6.92 Å². The zero-order chi connectivity index (χ0) is 22.7. The third kappa shape index (κ3) is 5.38. The van der Waals surface area contributed by atoms with Crippen LogP contribution >= 0.6 is 11.6 Å². The molecule has 0 heterocycles. The monoisotopic (exact) mass is 452 g/mol. The van der Waals surface area contributed by atoms with Crippen molar-refractivity contribution in [3.63, 3.8) is 0 Å². The molecule has 0 spiro atoms. The minimum atomic E-state index is -4.80. The molecule has 2 aromatic rings. The first-order valence-corrected chi connectivity index (χ1v) is 9.22. The molecule has 0 aliphatic heterocycles. The highest BCUT2D eigenvalue weighted by molar-refractivity contribution is 6.31. The number of benzene rings is 2. The largest absolute Gasteiger partial charge is 0.457 e. The third-order valence-electron chi connectivity index (χ3n) is 4.18. The maximum atomic E-state index is 13.8. The van der Waals surface area contributed by atoms with E-state index in [1.54, 1.807) is 4.90 Å². The predicted molar refractivity (Wildman–Crippen MR) is 105 cm³/mol. The van der Waals surface area contributed by atoms with E-state index in [-0.39, 0.29) is 11.3 Å². The quantitative estimate of drug-likeness (QED) is 0.260. The summed E-state index contributed by atoms with van der Waals surface area (Å²) in [5.41, 5.74) is -2.13. The average Bonchev–Trinajstić information content (AvgIpc) is 2.61. The summed E-state index contributed by atoms with van der Waals surface area (Å²) in [6.07, 6.45) is -7.49. The summed E-state index contributed by atoms with van der Waals surface area (Å²) >= 11 is 5.55. The normalized spacial score (nSPS) is 12.5. The van der Waals surface area contributed by atoms with Crippen molar-refractivity contribution in [2.24, 2.45) is 4.99 Å². The highest BCUT2D eigenvalue weighted by atomic mass is 35.5. The molecule has 0 bridgehead atoms. The van der Waals surface area contributed by atoms with Crippen LogP contribution in [0.5, 0.6) is 11.5 Å². The Morgan fingerprint density at radius 3 is 2.27 bits per heavy atom. The lowest BCUT2D eigenvalue weighted by Gasteiger charge is -2.25. The van der Waals surface area contributed by atoms with Crippen LogP contribution in [0.1, 0.15) is 30.0 Å². The zero-order valence-corrected chi connectivity index (χ0v) is 17.1. The van der Waals surface area contributed by atoms with Gasteiger partial charge in [-0.15, -0.1) is 0 Å². The van der Waals surface area contributed by atoms with Gasteiger partial charge >= 0.3 is 12.4 Å². The van der Waals surface area contributed by atoms with Gasteiger partial charge in [0.15, 0.2) is 0 Å². The molecule has 2 aromatic carbocycles. The maximum Gasteiger partial charge on any atom is 0.420 e. The fourth-order valence-corrected chi connectivity index (χ4v) is 3.18. The highest BCUT2D eigenvalue weighted by Crippen LogP contribution is 2.44. The second-order valence-electron chi connectivity index (χ2n) is 6.39. The van der Waals surface area contributed by atoms with Crippen molar-refractivity contribution in [3.05, 3.63) is 52.0 Å². The van der Waals surface area contributed by atoms with Crippen LogP contribution < -0.4 is 9.64 Å². The Labute approximate surface area is 174 Å². The number of hydrogen-bond donors (Lipinski definition) is 0. The molecule has 3 nitrogen and oxygen atoms in total. The van der Waals surface area contributed by atoms with Crippen LogP contribution in [0.3, 0.4) is 0 Å². The summed E-state index contributed by atoms with van der Waals surface area (Å²) < 4.78 is 85.9. The van der Waals surface area contributed by atoms with E-state index in [0.717, 1.165) is 18.2 Å². The van der Waals surface area contributed by atoms with Crippen molar-refractivity contribution < 1.29 is 31.1 Å². The Kier molecular flexibility index (Phi) is 7.28. The smallest absolute Gasteiger partial charge is 0.420 e. The lowest BCUT2D eigenvalue weighted by molar-refractivity contribution is -0.139. The van der Waals surface area contributed by atoms with Gasteiger partial charge in [0.05, 0.1) is 16.9 Å². The van der Waals surface area contributed by atoms with E-state index in [2.05, 4.69) is 4.99 Å². The van der Waals surface area contributed by atoms with Crippen molar-refractivity contribution in [2.45, 2.75) is 32.6 Å². The lowest BCUT2D eigenvalue weighted by Crippen LogP contribution is -2.24. The fraction of sp³-hybridized carbons (Fsp3) is 0.350. The number of alkyl halides is 6. The summed E-state index contributed by atoms with van der Waals surface area (Å²) in [5.74, 6) is -1.02. The summed E-state index contributed by atoms with van der Waals surface area (Å²) in [4.78, 5) is 5.43. The first-order chi connectivity index (χ1) is 13.9. The molecule has 0 aliphatic carbocycles. The number of ether oxygens (including phenoxy) is 1. The third-order valence-corrected chi connectivity index (χ3v) is 4.51. The van der Waals surface area contributed by atoms with Crippen LogP contribution in [0.4, 0.5) is 32.0 Å². The van der Waals surface area contributed by atoms with Crippen LogP contribution in [0.25, 0.3) is 0 Å². The summed E-state index contributed by atoms with van der Waals surface area (Å²) in [5, 5.41) is -0.577. The van der Waals surface area contributed by atoms with Crippen molar-refractivity contribution in [1.29, 1.82) is 0 Å². The molecule has 0 aromatic heterocycles. The van der Waals surface area contributed by atoms with Crippen LogP contribution in [-0.2, 0) is 12.4 Å². The average molecular weight is 453 g/mol.